The zero-order valence-electron chi connectivity index (χ0n) is 15.0. The van der Waals surface area contributed by atoms with E-state index in [9.17, 15) is 4.79 Å². The van der Waals surface area contributed by atoms with Crippen molar-refractivity contribution >= 4 is 17.7 Å². The number of carbonyl (C=O) groups is 1. The number of likely N-dealkylation sites (tertiary alicyclic amines) is 1. The number of aryl methyl sites for hydroxylation is 1. The van der Waals surface area contributed by atoms with Crippen LogP contribution in [0.25, 0.3) is 0 Å². The lowest BCUT2D eigenvalue weighted by Crippen LogP contribution is -2.45. The fraction of sp³-hybridized carbons (Fsp3) is 0.600. The van der Waals surface area contributed by atoms with Crippen LogP contribution >= 0.6 is 11.8 Å². The van der Waals surface area contributed by atoms with Crippen molar-refractivity contribution in [3.63, 3.8) is 0 Å². The molecule has 0 radical (unpaired) electrons. The molecule has 2 rings (SSSR count). The molecule has 0 saturated carbocycles. The Bertz CT molecular complexity index is 583. The van der Waals surface area contributed by atoms with Gasteiger partial charge in [0.1, 0.15) is 0 Å². The van der Waals surface area contributed by atoms with E-state index in [1.54, 1.807) is 0 Å². The molecule has 0 N–H and O–H groups in total. The number of carbonyl (C=O) groups excluding carboxylic acids is 1. The summed E-state index contributed by atoms with van der Waals surface area (Å²) in [6, 6.07) is 10.1. The molecule has 1 aromatic carbocycles. The lowest BCUT2D eigenvalue weighted by Gasteiger charge is -2.37. The molecule has 3 nitrogen and oxygen atoms in total. The zero-order chi connectivity index (χ0) is 17.6. The van der Waals surface area contributed by atoms with Crippen LogP contribution in [-0.2, 0) is 11.2 Å². The van der Waals surface area contributed by atoms with Crippen LogP contribution in [0.1, 0.15) is 57.6 Å². The van der Waals surface area contributed by atoms with E-state index in [1.807, 2.05) is 36.0 Å². The smallest absolute Gasteiger partial charge is 0.223 e. The molecule has 4 heteroatoms. The van der Waals surface area contributed by atoms with E-state index < -0.39 is 0 Å². The van der Waals surface area contributed by atoms with Crippen molar-refractivity contribution in [2.45, 2.75) is 63.7 Å². The Hall–Kier alpha value is -1.47. The summed E-state index contributed by atoms with van der Waals surface area (Å²) in [5, 5.41) is 8.84. The highest BCUT2D eigenvalue weighted by Crippen LogP contribution is 2.29. The Labute approximate surface area is 150 Å². The Morgan fingerprint density at radius 3 is 2.62 bits per heavy atom. The zero-order valence-corrected chi connectivity index (χ0v) is 15.9. The van der Waals surface area contributed by atoms with Gasteiger partial charge in [-0.05, 0) is 43.4 Å². The number of thioether (sulfide) groups is 1. The summed E-state index contributed by atoms with van der Waals surface area (Å²) in [5.41, 5.74) is 1.79. The first-order valence-corrected chi connectivity index (χ1v) is 9.80. The van der Waals surface area contributed by atoms with Crippen molar-refractivity contribution in [3.05, 3.63) is 35.4 Å². The number of hydrogen-bond donors (Lipinski definition) is 0. The Balaban J connectivity index is 1.89. The van der Waals surface area contributed by atoms with E-state index >= 15 is 0 Å². The molecule has 1 atom stereocenters. The van der Waals surface area contributed by atoms with Gasteiger partial charge < -0.3 is 4.90 Å². The normalized spacial score (nSPS) is 18.2. The minimum absolute atomic E-state index is 0.245. The average molecular weight is 345 g/mol. The number of rotatable bonds is 5. The van der Waals surface area contributed by atoms with Gasteiger partial charge in [0.25, 0.3) is 0 Å². The van der Waals surface area contributed by atoms with E-state index in [2.05, 4.69) is 31.7 Å². The molecule has 0 spiro atoms. The molecule has 1 saturated heterocycles. The highest BCUT2D eigenvalue weighted by molar-refractivity contribution is 8.00. The van der Waals surface area contributed by atoms with Crippen LogP contribution in [0.4, 0.5) is 0 Å². The Morgan fingerprint density at radius 2 is 2.00 bits per heavy atom. The molecule has 1 aliphatic rings. The van der Waals surface area contributed by atoms with E-state index in [-0.39, 0.29) is 10.7 Å². The van der Waals surface area contributed by atoms with Crippen LogP contribution in [-0.4, -0.2) is 33.9 Å². The van der Waals surface area contributed by atoms with Crippen molar-refractivity contribution in [1.29, 1.82) is 5.26 Å². The monoisotopic (exact) mass is 344 g/mol. The number of piperidine rings is 1. The fourth-order valence-corrected chi connectivity index (χ4v) is 4.03. The van der Waals surface area contributed by atoms with E-state index in [0.717, 1.165) is 37.1 Å². The molecule has 130 valence electrons. The van der Waals surface area contributed by atoms with Crippen LogP contribution in [0.3, 0.4) is 0 Å². The summed E-state index contributed by atoms with van der Waals surface area (Å²) < 4.78 is 0.245. The average Bonchev–Trinajstić information content (AvgIpc) is 2.58. The third-order valence-electron chi connectivity index (χ3n) is 4.37. The summed E-state index contributed by atoms with van der Waals surface area (Å²) in [7, 11) is 0. The maximum atomic E-state index is 12.7. The maximum absolute atomic E-state index is 12.7. The van der Waals surface area contributed by atoms with Crippen molar-refractivity contribution in [2.75, 3.05) is 12.3 Å². The van der Waals surface area contributed by atoms with Gasteiger partial charge in [0.2, 0.25) is 5.91 Å². The second-order valence-electron chi connectivity index (χ2n) is 7.47. The van der Waals surface area contributed by atoms with Gasteiger partial charge in [-0.15, -0.1) is 0 Å². The molecule has 24 heavy (non-hydrogen) atoms. The quantitative estimate of drug-likeness (QED) is 0.795. The second kappa shape index (κ2) is 8.58. The van der Waals surface area contributed by atoms with Gasteiger partial charge in [0, 0.05) is 29.5 Å². The third-order valence-corrected chi connectivity index (χ3v) is 5.78. The fourth-order valence-electron chi connectivity index (χ4n) is 2.99. The second-order valence-corrected chi connectivity index (χ2v) is 9.32. The van der Waals surface area contributed by atoms with Crippen molar-refractivity contribution in [1.82, 2.24) is 4.90 Å². The molecule has 1 heterocycles. The van der Waals surface area contributed by atoms with E-state index in [4.69, 9.17) is 5.26 Å². The van der Waals surface area contributed by atoms with Crippen LogP contribution < -0.4 is 0 Å². The number of nitrogens with zero attached hydrogens (tertiary/aromatic N) is 2. The predicted octanol–water partition coefficient (Wildman–Crippen LogP) is 4.40. The molecule has 0 bridgehead atoms. The first kappa shape index (κ1) is 18.9. The van der Waals surface area contributed by atoms with Crippen LogP contribution in [0.5, 0.6) is 0 Å². The van der Waals surface area contributed by atoms with Crippen molar-refractivity contribution < 1.29 is 4.79 Å². The van der Waals surface area contributed by atoms with Crippen molar-refractivity contribution in [3.8, 4) is 6.07 Å². The SMILES string of the molecule is CC(C)(C)SCC1CCCCN1C(=O)CCc1ccc(C#N)cc1. The van der Waals surface area contributed by atoms with Crippen LogP contribution in [0.2, 0.25) is 0 Å². The van der Waals surface area contributed by atoms with Gasteiger partial charge >= 0.3 is 0 Å². The Kier molecular flexibility index (Phi) is 6.74. The van der Waals surface area contributed by atoms with Gasteiger partial charge in [-0.25, -0.2) is 0 Å². The van der Waals surface area contributed by atoms with E-state index in [1.165, 1.54) is 6.42 Å². The van der Waals surface area contributed by atoms with Gasteiger partial charge in [-0.3, -0.25) is 4.79 Å². The minimum Gasteiger partial charge on any atom is -0.339 e. The molecule has 1 amide bonds. The lowest BCUT2D eigenvalue weighted by atomic mass is 10.0. The minimum atomic E-state index is 0.245. The number of nitriles is 1. The molecular weight excluding hydrogens is 316 g/mol. The maximum Gasteiger partial charge on any atom is 0.223 e. The summed E-state index contributed by atoms with van der Waals surface area (Å²) in [4.78, 5) is 14.8. The van der Waals surface area contributed by atoms with E-state index in [0.29, 0.717) is 18.0 Å². The van der Waals surface area contributed by atoms with Gasteiger partial charge in [0.05, 0.1) is 11.6 Å². The summed E-state index contributed by atoms with van der Waals surface area (Å²) in [6.45, 7) is 7.61. The van der Waals surface area contributed by atoms with Crippen LogP contribution in [0, 0.1) is 11.3 Å². The standard InChI is InChI=1S/C20H28N2OS/c1-20(2,3)24-15-18-6-4-5-13-22(18)19(23)12-11-16-7-9-17(14-21)10-8-16/h7-10,18H,4-6,11-13,15H2,1-3H3. The van der Waals surface area contributed by atoms with Gasteiger partial charge in [0.15, 0.2) is 0 Å². The molecule has 1 unspecified atom stereocenters. The first-order valence-electron chi connectivity index (χ1n) is 8.81. The molecule has 1 fully saturated rings. The lowest BCUT2D eigenvalue weighted by molar-refractivity contribution is -0.134. The van der Waals surface area contributed by atoms with Crippen molar-refractivity contribution in [2.24, 2.45) is 0 Å². The summed E-state index contributed by atoms with van der Waals surface area (Å²) in [6.07, 6.45) is 4.79. The number of amides is 1. The first-order chi connectivity index (χ1) is 11.4. The van der Waals surface area contributed by atoms with Gasteiger partial charge in [-0.1, -0.05) is 32.9 Å². The molecule has 1 aromatic rings. The van der Waals surface area contributed by atoms with Crippen LogP contribution in [0.15, 0.2) is 24.3 Å². The third kappa shape index (κ3) is 5.87. The summed E-state index contributed by atoms with van der Waals surface area (Å²) >= 11 is 1.96. The highest BCUT2D eigenvalue weighted by atomic mass is 32.2. The highest BCUT2D eigenvalue weighted by Gasteiger charge is 2.27. The molecule has 0 aromatic heterocycles. The summed E-state index contributed by atoms with van der Waals surface area (Å²) in [5.74, 6) is 1.31. The predicted molar refractivity (Wildman–Crippen MR) is 101 cm³/mol. The molecule has 1 aliphatic heterocycles. The topological polar surface area (TPSA) is 44.1 Å². The van der Waals surface area contributed by atoms with Gasteiger partial charge in [-0.2, -0.15) is 17.0 Å². The number of benzene rings is 1. The number of hydrogen-bond acceptors (Lipinski definition) is 3. The largest absolute Gasteiger partial charge is 0.339 e. The molecular formula is C20H28N2OS. The molecule has 0 aliphatic carbocycles. The Morgan fingerprint density at radius 1 is 1.29 bits per heavy atom.